The Kier molecular flexibility index (Phi) is 6.39. The third-order valence-electron chi connectivity index (χ3n) is 2.38. The molecule has 0 spiro atoms. The Morgan fingerprint density at radius 2 is 2.19 bits per heavy atom. The quantitative estimate of drug-likeness (QED) is 0.807. The molecule has 1 N–H and O–H groups in total. The molecule has 0 amide bonds. The van der Waals surface area contributed by atoms with Gasteiger partial charge in [0.15, 0.2) is 0 Å². The molecule has 0 aliphatic rings. The molecule has 4 heteroatoms. The molecule has 0 radical (unpaired) electrons. The summed E-state index contributed by atoms with van der Waals surface area (Å²) in [5.74, 6) is 1.05. The van der Waals surface area contributed by atoms with Crippen LogP contribution >= 0.6 is 23.1 Å². The minimum Gasteiger partial charge on any atom is -0.309 e. The molecule has 1 aromatic rings. The zero-order valence-electron chi connectivity index (χ0n) is 10.6. The van der Waals surface area contributed by atoms with Gasteiger partial charge in [0.2, 0.25) is 0 Å². The lowest BCUT2D eigenvalue weighted by molar-refractivity contribution is 0.537. The van der Waals surface area contributed by atoms with Crippen molar-refractivity contribution in [2.24, 2.45) is 0 Å². The highest BCUT2D eigenvalue weighted by Crippen LogP contribution is 2.21. The topological polar surface area (TPSA) is 24.9 Å². The van der Waals surface area contributed by atoms with Gasteiger partial charge in [0.05, 0.1) is 0 Å². The van der Waals surface area contributed by atoms with Crippen LogP contribution in [0.15, 0.2) is 6.20 Å². The molecule has 1 aromatic heterocycles. The van der Waals surface area contributed by atoms with Crippen molar-refractivity contribution in [3.63, 3.8) is 0 Å². The fourth-order valence-electron chi connectivity index (χ4n) is 1.15. The predicted molar refractivity (Wildman–Crippen MR) is 75.1 cm³/mol. The predicted octanol–water partition coefficient (Wildman–Crippen LogP) is 3.67. The van der Waals surface area contributed by atoms with Gasteiger partial charge in [0, 0.05) is 29.4 Å². The van der Waals surface area contributed by atoms with Gasteiger partial charge in [0.1, 0.15) is 5.01 Å². The Bertz CT molecular complexity index is 297. The standard InChI is InChI=1S/C12H22N2S2/c1-5-10(4)13-6-11-7-14-12(16-11)8-15-9(2)3/h7,9-10,13H,5-6,8H2,1-4H3. The summed E-state index contributed by atoms with van der Waals surface area (Å²) in [5, 5.41) is 5.43. The highest BCUT2D eigenvalue weighted by atomic mass is 32.2. The van der Waals surface area contributed by atoms with E-state index in [1.54, 1.807) is 0 Å². The van der Waals surface area contributed by atoms with Gasteiger partial charge in [-0.1, -0.05) is 20.8 Å². The van der Waals surface area contributed by atoms with E-state index in [0.29, 0.717) is 11.3 Å². The summed E-state index contributed by atoms with van der Waals surface area (Å²) in [6.45, 7) is 9.83. The summed E-state index contributed by atoms with van der Waals surface area (Å²) in [5.41, 5.74) is 0. The summed E-state index contributed by atoms with van der Waals surface area (Å²) < 4.78 is 0. The van der Waals surface area contributed by atoms with Crippen molar-refractivity contribution in [2.75, 3.05) is 0 Å². The minimum atomic E-state index is 0.593. The molecular formula is C12H22N2S2. The molecule has 1 rings (SSSR count). The Morgan fingerprint density at radius 3 is 2.81 bits per heavy atom. The number of thioether (sulfide) groups is 1. The molecule has 0 bridgehead atoms. The van der Waals surface area contributed by atoms with E-state index in [4.69, 9.17) is 0 Å². The lowest BCUT2D eigenvalue weighted by Crippen LogP contribution is -2.23. The highest BCUT2D eigenvalue weighted by molar-refractivity contribution is 7.99. The fourth-order valence-corrected chi connectivity index (χ4v) is 2.81. The summed E-state index contributed by atoms with van der Waals surface area (Å²) in [6.07, 6.45) is 3.19. The van der Waals surface area contributed by atoms with Gasteiger partial charge >= 0.3 is 0 Å². The first-order chi connectivity index (χ1) is 7.61. The van der Waals surface area contributed by atoms with Crippen molar-refractivity contribution in [3.8, 4) is 0 Å². The second-order valence-electron chi connectivity index (χ2n) is 4.27. The molecule has 0 aromatic carbocycles. The molecule has 1 unspecified atom stereocenters. The van der Waals surface area contributed by atoms with E-state index in [9.17, 15) is 0 Å². The van der Waals surface area contributed by atoms with E-state index in [1.165, 1.54) is 16.3 Å². The van der Waals surface area contributed by atoms with Crippen LogP contribution in [0.25, 0.3) is 0 Å². The van der Waals surface area contributed by atoms with E-state index in [1.807, 2.05) is 29.3 Å². The SMILES string of the molecule is CCC(C)NCc1cnc(CSC(C)C)s1. The zero-order valence-corrected chi connectivity index (χ0v) is 12.3. The minimum absolute atomic E-state index is 0.593. The van der Waals surface area contributed by atoms with Crippen molar-refractivity contribution in [1.29, 1.82) is 0 Å². The van der Waals surface area contributed by atoms with Gasteiger partial charge in [-0.05, 0) is 18.6 Å². The molecule has 0 fully saturated rings. The molecule has 2 nitrogen and oxygen atoms in total. The summed E-state index contributed by atoms with van der Waals surface area (Å²) >= 11 is 3.79. The molecule has 0 aliphatic heterocycles. The van der Waals surface area contributed by atoms with E-state index in [-0.39, 0.29) is 0 Å². The van der Waals surface area contributed by atoms with Crippen molar-refractivity contribution in [1.82, 2.24) is 10.3 Å². The van der Waals surface area contributed by atoms with Gasteiger partial charge in [-0.25, -0.2) is 4.98 Å². The second-order valence-corrected chi connectivity index (χ2v) is 7.03. The van der Waals surface area contributed by atoms with Crippen LogP contribution in [0.4, 0.5) is 0 Å². The Hall–Kier alpha value is -0.0600. The van der Waals surface area contributed by atoms with E-state index in [0.717, 1.165) is 12.3 Å². The van der Waals surface area contributed by atoms with Gasteiger partial charge in [0.25, 0.3) is 0 Å². The number of aromatic nitrogens is 1. The fraction of sp³-hybridized carbons (Fsp3) is 0.750. The molecular weight excluding hydrogens is 236 g/mol. The molecule has 0 saturated heterocycles. The summed E-state index contributed by atoms with van der Waals surface area (Å²) in [7, 11) is 0. The first-order valence-electron chi connectivity index (χ1n) is 5.90. The van der Waals surface area contributed by atoms with E-state index < -0.39 is 0 Å². The molecule has 1 heterocycles. The lowest BCUT2D eigenvalue weighted by Gasteiger charge is -2.08. The number of nitrogens with one attached hydrogen (secondary N) is 1. The van der Waals surface area contributed by atoms with Gasteiger partial charge < -0.3 is 5.32 Å². The normalized spacial score (nSPS) is 13.3. The van der Waals surface area contributed by atoms with Crippen LogP contribution in [0, 0.1) is 0 Å². The van der Waals surface area contributed by atoms with Crippen molar-refractivity contribution in [2.45, 2.75) is 57.7 Å². The molecule has 1 atom stereocenters. The molecule has 92 valence electrons. The first kappa shape index (κ1) is 14.0. The Balaban J connectivity index is 2.33. The van der Waals surface area contributed by atoms with Crippen molar-refractivity contribution >= 4 is 23.1 Å². The maximum atomic E-state index is 4.45. The van der Waals surface area contributed by atoms with Gasteiger partial charge in [-0.15, -0.1) is 11.3 Å². The van der Waals surface area contributed by atoms with Crippen molar-refractivity contribution in [3.05, 3.63) is 16.1 Å². The monoisotopic (exact) mass is 258 g/mol. The number of hydrogen-bond acceptors (Lipinski definition) is 4. The van der Waals surface area contributed by atoms with Crippen LogP contribution < -0.4 is 5.32 Å². The van der Waals surface area contributed by atoms with Crippen LogP contribution in [-0.4, -0.2) is 16.3 Å². The maximum absolute atomic E-state index is 4.45. The van der Waals surface area contributed by atoms with Crippen molar-refractivity contribution < 1.29 is 0 Å². The summed E-state index contributed by atoms with van der Waals surface area (Å²) in [6, 6.07) is 0.593. The Labute approximate surface area is 107 Å². The van der Waals surface area contributed by atoms with Gasteiger partial charge in [-0.2, -0.15) is 11.8 Å². The third-order valence-corrected chi connectivity index (χ3v) is 4.67. The van der Waals surface area contributed by atoms with Gasteiger partial charge in [-0.3, -0.25) is 0 Å². The van der Waals surface area contributed by atoms with Crippen LogP contribution in [0.3, 0.4) is 0 Å². The third kappa shape index (κ3) is 5.32. The number of rotatable bonds is 7. The average molecular weight is 258 g/mol. The maximum Gasteiger partial charge on any atom is 0.103 e. The van der Waals surface area contributed by atoms with Crippen LogP contribution in [0.5, 0.6) is 0 Å². The Morgan fingerprint density at radius 1 is 1.44 bits per heavy atom. The summed E-state index contributed by atoms with van der Waals surface area (Å²) in [4.78, 5) is 5.80. The number of nitrogens with zero attached hydrogens (tertiary/aromatic N) is 1. The highest BCUT2D eigenvalue weighted by Gasteiger charge is 2.04. The van der Waals surface area contributed by atoms with Crippen LogP contribution in [0.1, 0.15) is 44.0 Å². The zero-order chi connectivity index (χ0) is 12.0. The number of hydrogen-bond donors (Lipinski definition) is 1. The molecule has 0 saturated carbocycles. The van der Waals surface area contributed by atoms with Crippen LogP contribution in [0.2, 0.25) is 0 Å². The second kappa shape index (κ2) is 7.30. The molecule has 0 aliphatic carbocycles. The number of thiazole rings is 1. The largest absolute Gasteiger partial charge is 0.309 e. The average Bonchev–Trinajstić information content (AvgIpc) is 2.71. The van der Waals surface area contributed by atoms with E-state index in [2.05, 4.69) is 38.0 Å². The first-order valence-corrected chi connectivity index (χ1v) is 7.77. The van der Waals surface area contributed by atoms with E-state index >= 15 is 0 Å². The smallest absolute Gasteiger partial charge is 0.103 e. The molecule has 16 heavy (non-hydrogen) atoms. The van der Waals surface area contributed by atoms with Crippen LogP contribution in [-0.2, 0) is 12.3 Å². The lowest BCUT2D eigenvalue weighted by atomic mass is 10.2.